The highest BCUT2D eigenvalue weighted by atomic mass is 32.2. The minimum Gasteiger partial charge on any atom is -0.354 e. The van der Waals surface area contributed by atoms with Crippen molar-refractivity contribution in [1.82, 2.24) is 14.9 Å². The van der Waals surface area contributed by atoms with Crippen LogP contribution >= 0.6 is 0 Å². The number of sulfonamides is 1. The standard InChI is InChI=1S/C25H33N3O4S/c1-4-15-26-25(30)23(27-24(29)22-8-6-5-7-19(22)3)20-13-16-28(17-14-20)33(31,32)21-11-9-18(2)10-12-21/h5-12,20,23H,4,13-17H2,1-3H3,(H,26,30)(H,27,29). The molecular formula is C25H33N3O4S. The van der Waals surface area contributed by atoms with Gasteiger partial charge >= 0.3 is 0 Å². The maximum absolute atomic E-state index is 13.0. The largest absolute Gasteiger partial charge is 0.354 e. The van der Waals surface area contributed by atoms with E-state index in [4.69, 9.17) is 0 Å². The lowest BCUT2D eigenvalue weighted by Crippen LogP contribution is -2.54. The van der Waals surface area contributed by atoms with Crippen molar-refractivity contribution in [2.75, 3.05) is 19.6 Å². The molecule has 1 heterocycles. The average molecular weight is 472 g/mol. The van der Waals surface area contributed by atoms with Gasteiger partial charge in [0.05, 0.1) is 4.90 Å². The third kappa shape index (κ3) is 6.00. The van der Waals surface area contributed by atoms with Crippen LogP contribution < -0.4 is 10.6 Å². The molecule has 1 atom stereocenters. The number of rotatable bonds is 8. The Kier molecular flexibility index (Phi) is 8.26. The number of hydrogen-bond donors (Lipinski definition) is 2. The van der Waals surface area contributed by atoms with E-state index >= 15 is 0 Å². The summed E-state index contributed by atoms with van der Waals surface area (Å²) in [5.74, 6) is -0.669. The van der Waals surface area contributed by atoms with Crippen molar-refractivity contribution in [2.24, 2.45) is 5.92 Å². The summed E-state index contributed by atoms with van der Waals surface area (Å²) >= 11 is 0. The van der Waals surface area contributed by atoms with Gasteiger partial charge in [-0.3, -0.25) is 9.59 Å². The molecule has 1 fully saturated rings. The lowest BCUT2D eigenvalue weighted by atomic mass is 9.89. The van der Waals surface area contributed by atoms with Crippen LogP contribution in [0.15, 0.2) is 53.4 Å². The minimum absolute atomic E-state index is 0.153. The second kappa shape index (κ2) is 10.9. The van der Waals surface area contributed by atoms with Crippen molar-refractivity contribution < 1.29 is 18.0 Å². The lowest BCUT2D eigenvalue weighted by Gasteiger charge is -2.35. The minimum atomic E-state index is -3.59. The van der Waals surface area contributed by atoms with Crippen LogP contribution in [0, 0.1) is 19.8 Å². The van der Waals surface area contributed by atoms with Crippen molar-refractivity contribution in [3.8, 4) is 0 Å². The molecule has 33 heavy (non-hydrogen) atoms. The van der Waals surface area contributed by atoms with Gasteiger partial charge in [-0.1, -0.05) is 42.8 Å². The van der Waals surface area contributed by atoms with E-state index in [1.54, 1.807) is 36.4 Å². The highest BCUT2D eigenvalue weighted by Crippen LogP contribution is 2.26. The molecule has 0 spiro atoms. The number of carbonyl (C=O) groups is 2. The number of nitrogens with zero attached hydrogens (tertiary/aromatic N) is 1. The maximum atomic E-state index is 13.0. The van der Waals surface area contributed by atoms with Gasteiger partial charge in [-0.15, -0.1) is 0 Å². The summed E-state index contributed by atoms with van der Waals surface area (Å²) in [6.45, 7) is 6.87. The highest BCUT2D eigenvalue weighted by Gasteiger charge is 2.36. The SMILES string of the molecule is CCCNC(=O)C(NC(=O)c1ccccc1C)C1CCN(S(=O)(=O)c2ccc(C)cc2)CC1. The van der Waals surface area contributed by atoms with Crippen LogP contribution in [0.4, 0.5) is 0 Å². The predicted octanol–water partition coefficient (Wildman–Crippen LogP) is 3.03. The molecule has 2 N–H and O–H groups in total. The predicted molar refractivity (Wildman–Crippen MR) is 128 cm³/mol. The fraction of sp³-hybridized carbons (Fsp3) is 0.440. The van der Waals surface area contributed by atoms with Gasteiger partial charge < -0.3 is 10.6 Å². The van der Waals surface area contributed by atoms with Crippen LogP contribution in [0.5, 0.6) is 0 Å². The van der Waals surface area contributed by atoms with Crippen molar-refractivity contribution >= 4 is 21.8 Å². The number of piperidine rings is 1. The average Bonchev–Trinajstić information content (AvgIpc) is 2.81. The first-order valence-corrected chi connectivity index (χ1v) is 12.9. The molecule has 0 aliphatic carbocycles. The number of amides is 2. The van der Waals surface area contributed by atoms with E-state index in [9.17, 15) is 18.0 Å². The summed E-state index contributed by atoms with van der Waals surface area (Å²) in [6, 6.07) is 13.4. The third-order valence-electron chi connectivity index (χ3n) is 6.14. The van der Waals surface area contributed by atoms with Gasteiger partial charge in [-0.2, -0.15) is 4.31 Å². The Bertz CT molecular complexity index is 1080. The highest BCUT2D eigenvalue weighted by molar-refractivity contribution is 7.89. The quantitative estimate of drug-likeness (QED) is 0.619. The van der Waals surface area contributed by atoms with Crippen LogP contribution in [0.1, 0.15) is 47.7 Å². The molecular weight excluding hydrogens is 438 g/mol. The normalized spacial score (nSPS) is 16.2. The molecule has 2 aromatic rings. The zero-order chi connectivity index (χ0) is 24.0. The summed E-state index contributed by atoms with van der Waals surface area (Å²) < 4.78 is 27.5. The van der Waals surface area contributed by atoms with Crippen LogP contribution in [-0.2, 0) is 14.8 Å². The van der Waals surface area contributed by atoms with Gasteiger partial charge in [0, 0.05) is 25.2 Å². The Morgan fingerprint density at radius 2 is 1.67 bits per heavy atom. The fourth-order valence-corrected chi connectivity index (χ4v) is 5.58. The van der Waals surface area contributed by atoms with E-state index in [1.165, 1.54) is 4.31 Å². The number of nitrogens with one attached hydrogen (secondary N) is 2. The first-order chi connectivity index (χ1) is 15.7. The van der Waals surface area contributed by atoms with Crippen LogP contribution in [-0.4, -0.2) is 50.2 Å². The molecule has 8 heteroatoms. The van der Waals surface area contributed by atoms with Gasteiger partial charge in [0.1, 0.15) is 6.04 Å². The molecule has 1 aliphatic heterocycles. The first-order valence-electron chi connectivity index (χ1n) is 11.4. The maximum Gasteiger partial charge on any atom is 0.252 e. The van der Waals surface area contributed by atoms with Gasteiger partial charge in [-0.05, 0) is 62.8 Å². The van der Waals surface area contributed by atoms with Gasteiger partial charge in [-0.25, -0.2) is 8.42 Å². The lowest BCUT2D eigenvalue weighted by molar-refractivity contribution is -0.124. The van der Waals surface area contributed by atoms with Crippen LogP contribution in [0.3, 0.4) is 0 Å². The van der Waals surface area contributed by atoms with E-state index in [1.807, 2.05) is 32.9 Å². The molecule has 0 saturated carbocycles. The fourth-order valence-electron chi connectivity index (χ4n) is 4.11. The van der Waals surface area contributed by atoms with E-state index in [2.05, 4.69) is 10.6 Å². The second-order valence-corrected chi connectivity index (χ2v) is 10.5. The Hall–Kier alpha value is -2.71. The van der Waals surface area contributed by atoms with E-state index in [0.717, 1.165) is 17.5 Å². The Morgan fingerprint density at radius 3 is 2.27 bits per heavy atom. The van der Waals surface area contributed by atoms with Crippen molar-refractivity contribution in [2.45, 2.75) is 51.0 Å². The molecule has 1 saturated heterocycles. The smallest absolute Gasteiger partial charge is 0.252 e. The van der Waals surface area contributed by atoms with Gasteiger partial charge in [0.2, 0.25) is 15.9 Å². The van der Waals surface area contributed by atoms with Crippen molar-refractivity contribution in [3.63, 3.8) is 0 Å². The van der Waals surface area contributed by atoms with E-state index in [0.29, 0.717) is 38.0 Å². The molecule has 0 bridgehead atoms. The van der Waals surface area contributed by atoms with Gasteiger partial charge in [0.25, 0.3) is 5.91 Å². The van der Waals surface area contributed by atoms with Crippen molar-refractivity contribution in [1.29, 1.82) is 0 Å². The molecule has 3 rings (SSSR count). The summed E-state index contributed by atoms with van der Waals surface area (Å²) in [5.41, 5.74) is 2.37. The van der Waals surface area contributed by atoms with Crippen molar-refractivity contribution in [3.05, 3.63) is 65.2 Å². The summed E-state index contributed by atoms with van der Waals surface area (Å²) in [4.78, 5) is 26.1. The Balaban J connectivity index is 1.73. The van der Waals surface area contributed by atoms with Crippen LogP contribution in [0.25, 0.3) is 0 Å². The summed E-state index contributed by atoms with van der Waals surface area (Å²) in [6.07, 6.45) is 1.77. The number of carbonyl (C=O) groups excluding carboxylic acids is 2. The second-order valence-electron chi connectivity index (χ2n) is 8.61. The molecule has 1 unspecified atom stereocenters. The summed E-state index contributed by atoms with van der Waals surface area (Å²) in [7, 11) is -3.59. The molecule has 0 radical (unpaired) electrons. The number of hydrogen-bond acceptors (Lipinski definition) is 4. The monoisotopic (exact) mass is 471 g/mol. The molecule has 2 amide bonds. The Morgan fingerprint density at radius 1 is 1.03 bits per heavy atom. The number of benzene rings is 2. The summed E-state index contributed by atoms with van der Waals surface area (Å²) in [5, 5.41) is 5.81. The molecule has 1 aliphatic rings. The molecule has 7 nitrogen and oxygen atoms in total. The third-order valence-corrected chi connectivity index (χ3v) is 8.05. The zero-order valence-electron chi connectivity index (χ0n) is 19.5. The molecule has 0 aromatic heterocycles. The molecule has 2 aromatic carbocycles. The first kappa shape index (κ1) is 24.9. The van der Waals surface area contributed by atoms with E-state index < -0.39 is 16.1 Å². The Labute approximate surface area is 196 Å². The molecule has 178 valence electrons. The number of aryl methyl sites for hydroxylation is 2. The van der Waals surface area contributed by atoms with Crippen LogP contribution in [0.2, 0.25) is 0 Å². The van der Waals surface area contributed by atoms with E-state index in [-0.39, 0.29) is 22.6 Å². The van der Waals surface area contributed by atoms with Gasteiger partial charge in [0.15, 0.2) is 0 Å². The topological polar surface area (TPSA) is 95.6 Å². The zero-order valence-corrected chi connectivity index (χ0v) is 20.3.